The van der Waals surface area contributed by atoms with Gasteiger partial charge < -0.3 is 10.3 Å². The van der Waals surface area contributed by atoms with Crippen molar-refractivity contribution in [3.8, 4) is 23.0 Å². The van der Waals surface area contributed by atoms with Crippen LogP contribution in [-0.4, -0.2) is 26.7 Å². The summed E-state index contributed by atoms with van der Waals surface area (Å²) in [7, 11) is 0. The molecule has 0 spiro atoms. The van der Waals surface area contributed by atoms with Gasteiger partial charge in [-0.25, -0.2) is 4.98 Å². The molecule has 0 saturated carbocycles. The third-order valence-electron chi connectivity index (χ3n) is 2.85. The fraction of sp³-hybridized carbons (Fsp3) is 0.143. The fourth-order valence-corrected chi connectivity index (χ4v) is 1.84. The van der Waals surface area contributed by atoms with Gasteiger partial charge in [0.2, 0.25) is 5.82 Å². The molecule has 6 heteroatoms. The second-order valence-corrected chi connectivity index (χ2v) is 4.25. The van der Waals surface area contributed by atoms with E-state index in [9.17, 15) is 0 Å². The molecule has 100 valence electrons. The van der Waals surface area contributed by atoms with E-state index < -0.39 is 0 Å². The maximum atomic E-state index is 5.52. The van der Waals surface area contributed by atoms with Crippen molar-refractivity contribution < 1.29 is 4.52 Å². The molecule has 0 fully saturated rings. The standard InChI is InChI=1S/C14H13N5O/c15-6-5-10-1-3-11(4-2-10)14-18-13(19-20-14)12-9-16-7-8-17-12/h1-4,7-9H,5-6,15H2. The van der Waals surface area contributed by atoms with Crippen molar-refractivity contribution in [2.45, 2.75) is 6.42 Å². The number of nitrogens with zero attached hydrogens (tertiary/aromatic N) is 4. The molecular weight excluding hydrogens is 254 g/mol. The van der Waals surface area contributed by atoms with Crippen molar-refractivity contribution in [2.24, 2.45) is 5.73 Å². The van der Waals surface area contributed by atoms with E-state index in [2.05, 4.69) is 20.1 Å². The monoisotopic (exact) mass is 267 g/mol. The van der Waals surface area contributed by atoms with Gasteiger partial charge in [-0.1, -0.05) is 17.3 Å². The average molecular weight is 267 g/mol. The van der Waals surface area contributed by atoms with Gasteiger partial charge in [0.05, 0.1) is 6.20 Å². The molecule has 0 amide bonds. The summed E-state index contributed by atoms with van der Waals surface area (Å²) in [5, 5.41) is 3.91. The van der Waals surface area contributed by atoms with E-state index in [1.54, 1.807) is 18.6 Å². The van der Waals surface area contributed by atoms with Gasteiger partial charge in [0.25, 0.3) is 5.89 Å². The van der Waals surface area contributed by atoms with Crippen LogP contribution in [0.15, 0.2) is 47.4 Å². The first-order valence-corrected chi connectivity index (χ1v) is 6.26. The highest BCUT2D eigenvalue weighted by atomic mass is 16.5. The lowest BCUT2D eigenvalue weighted by Gasteiger charge is -1.98. The maximum Gasteiger partial charge on any atom is 0.258 e. The second kappa shape index (κ2) is 5.58. The first kappa shape index (κ1) is 12.4. The van der Waals surface area contributed by atoms with Crippen LogP contribution in [-0.2, 0) is 6.42 Å². The minimum atomic E-state index is 0.430. The van der Waals surface area contributed by atoms with E-state index in [-0.39, 0.29) is 0 Å². The highest BCUT2D eigenvalue weighted by molar-refractivity contribution is 5.57. The van der Waals surface area contributed by atoms with Crippen molar-refractivity contribution in [2.75, 3.05) is 6.54 Å². The minimum absolute atomic E-state index is 0.430. The van der Waals surface area contributed by atoms with Crippen LogP contribution in [0.3, 0.4) is 0 Å². The first-order valence-electron chi connectivity index (χ1n) is 6.26. The van der Waals surface area contributed by atoms with Gasteiger partial charge in [0.1, 0.15) is 5.69 Å². The summed E-state index contributed by atoms with van der Waals surface area (Å²) in [5.41, 5.74) is 8.16. The number of hydrogen-bond donors (Lipinski definition) is 1. The Hall–Kier alpha value is -2.60. The zero-order valence-electron chi connectivity index (χ0n) is 10.7. The van der Waals surface area contributed by atoms with Crippen molar-refractivity contribution in [1.82, 2.24) is 20.1 Å². The molecule has 2 aromatic heterocycles. The van der Waals surface area contributed by atoms with Gasteiger partial charge in [-0.05, 0) is 30.7 Å². The van der Waals surface area contributed by atoms with Gasteiger partial charge in [0.15, 0.2) is 0 Å². The molecule has 0 aliphatic carbocycles. The van der Waals surface area contributed by atoms with Crippen LogP contribution >= 0.6 is 0 Å². The molecule has 0 bridgehead atoms. The predicted molar refractivity (Wildman–Crippen MR) is 73.5 cm³/mol. The molecule has 0 saturated heterocycles. The van der Waals surface area contributed by atoms with Crippen molar-refractivity contribution in [3.63, 3.8) is 0 Å². The molecule has 0 aliphatic heterocycles. The molecule has 6 nitrogen and oxygen atoms in total. The van der Waals surface area contributed by atoms with Gasteiger partial charge in [-0.3, -0.25) is 4.98 Å². The Morgan fingerprint density at radius 3 is 2.65 bits per heavy atom. The van der Waals surface area contributed by atoms with Crippen LogP contribution in [0, 0.1) is 0 Å². The number of hydrogen-bond acceptors (Lipinski definition) is 6. The molecule has 3 rings (SSSR count). The SMILES string of the molecule is NCCc1ccc(-c2nc(-c3cnccn3)no2)cc1. The highest BCUT2D eigenvalue weighted by Gasteiger charge is 2.11. The summed E-state index contributed by atoms with van der Waals surface area (Å²) < 4.78 is 5.25. The Kier molecular flexibility index (Phi) is 3.47. The zero-order valence-corrected chi connectivity index (χ0v) is 10.7. The molecular formula is C14H13N5O. The Morgan fingerprint density at radius 1 is 1.10 bits per heavy atom. The van der Waals surface area contributed by atoms with Crippen molar-refractivity contribution >= 4 is 0 Å². The Labute approximate surface area is 115 Å². The van der Waals surface area contributed by atoms with Crippen molar-refractivity contribution in [1.29, 1.82) is 0 Å². The van der Waals surface area contributed by atoms with Gasteiger partial charge in [0, 0.05) is 18.0 Å². The van der Waals surface area contributed by atoms with Crippen LogP contribution in [0.25, 0.3) is 23.0 Å². The zero-order chi connectivity index (χ0) is 13.8. The topological polar surface area (TPSA) is 90.7 Å². The molecule has 3 aromatic rings. The van der Waals surface area contributed by atoms with E-state index in [0.29, 0.717) is 24.0 Å². The Balaban J connectivity index is 1.86. The molecule has 0 unspecified atom stereocenters. The molecule has 2 N–H and O–H groups in total. The summed E-state index contributed by atoms with van der Waals surface area (Å²) in [6.45, 7) is 0.636. The van der Waals surface area contributed by atoms with Gasteiger partial charge in [-0.15, -0.1) is 0 Å². The van der Waals surface area contributed by atoms with Crippen molar-refractivity contribution in [3.05, 3.63) is 48.4 Å². The lowest BCUT2D eigenvalue weighted by atomic mass is 10.1. The van der Waals surface area contributed by atoms with Gasteiger partial charge in [-0.2, -0.15) is 4.98 Å². The fourth-order valence-electron chi connectivity index (χ4n) is 1.84. The largest absolute Gasteiger partial charge is 0.334 e. The number of benzene rings is 1. The van der Waals surface area contributed by atoms with E-state index in [4.69, 9.17) is 10.3 Å². The summed E-state index contributed by atoms with van der Waals surface area (Å²) in [6, 6.07) is 7.90. The summed E-state index contributed by atoms with van der Waals surface area (Å²) >= 11 is 0. The minimum Gasteiger partial charge on any atom is -0.334 e. The molecule has 1 aromatic carbocycles. The number of rotatable bonds is 4. The van der Waals surface area contributed by atoms with E-state index in [1.807, 2.05) is 24.3 Å². The second-order valence-electron chi connectivity index (χ2n) is 4.25. The molecule has 20 heavy (non-hydrogen) atoms. The third-order valence-corrected chi connectivity index (χ3v) is 2.85. The molecule has 0 aliphatic rings. The molecule has 0 atom stereocenters. The average Bonchev–Trinajstić information content (AvgIpc) is 2.99. The molecule has 0 radical (unpaired) electrons. The van der Waals surface area contributed by atoms with Crippen LogP contribution in [0.1, 0.15) is 5.56 Å². The van der Waals surface area contributed by atoms with E-state index >= 15 is 0 Å². The number of nitrogens with two attached hydrogens (primary N) is 1. The van der Waals surface area contributed by atoms with Crippen LogP contribution in [0.4, 0.5) is 0 Å². The van der Waals surface area contributed by atoms with Gasteiger partial charge >= 0.3 is 0 Å². The quantitative estimate of drug-likeness (QED) is 0.773. The summed E-state index contributed by atoms with van der Waals surface area (Å²) in [6.07, 6.45) is 5.64. The van der Waals surface area contributed by atoms with Crippen LogP contribution in [0.5, 0.6) is 0 Å². The lowest BCUT2D eigenvalue weighted by Crippen LogP contribution is -2.02. The normalized spacial score (nSPS) is 10.7. The Morgan fingerprint density at radius 2 is 1.95 bits per heavy atom. The lowest BCUT2D eigenvalue weighted by molar-refractivity contribution is 0.432. The highest BCUT2D eigenvalue weighted by Crippen LogP contribution is 2.21. The van der Waals surface area contributed by atoms with Crippen LogP contribution < -0.4 is 5.73 Å². The smallest absolute Gasteiger partial charge is 0.258 e. The summed E-state index contributed by atoms with van der Waals surface area (Å²) in [5.74, 6) is 0.893. The third kappa shape index (κ3) is 2.55. The first-order chi connectivity index (χ1) is 9.86. The molecule has 2 heterocycles. The summed E-state index contributed by atoms with van der Waals surface area (Å²) in [4.78, 5) is 12.4. The predicted octanol–water partition coefficient (Wildman–Crippen LogP) is 1.69. The van der Waals surface area contributed by atoms with Crippen LogP contribution in [0.2, 0.25) is 0 Å². The van der Waals surface area contributed by atoms with E-state index in [1.165, 1.54) is 5.56 Å². The Bertz CT molecular complexity index is 678. The number of aromatic nitrogens is 4. The maximum absolute atomic E-state index is 5.52. The van der Waals surface area contributed by atoms with E-state index in [0.717, 1.165) is 12.0 Å².